The van der Waals surface area contributed by atoms with Crippen LogP contribution in [0.4, 0.5) is 5.69 Å². The first-order chi connectivity index (χ1) is 12.2. The third kappa shape index (κ3) is 3.20. The highest BCUT2D eigenvalue weighted by molar-refractivity contribution is 5.83. The second-order valence-corrected chi connectivity index (χ2v) is 6.48. The summed E-state index contributed by atoms with van der Waals surface area (Å²) < 4.78 is 11.0. The summed E-state index contributed by atoms with van der Waals surface area (Å²) in [4.78, 5) is 14.9. The molecule has 2 aliphatic heterocycles. The van der Waals surface area contributed by atoms with Gasteiger partial charge in [-0.1, -0.05) is 18.2 Å². The minimum Gasteiger partial charge on any atom is -0.497 e. The van der Waals surface area contributed by atoms with Gasteiger partial charge in [0.2, 0.25) is 0 Å². The van der Waals surface area contributed by atoms with Crippen LogP contribution in [0.15, 0.2) is 42.5 Å². The zero-order valence-corrected chi connectivity index (χ0v) is 14.3. The Bertz CT molecular complexity index is 784. The lowest BCUT2D eigenvalue weighted by molar-refractivity contribution is -0.137. The minimum absolute atomic E-state index is 0.196. The number of benzene rings is 2. The van der Waals surface area contributed by atoms with Crippen LogP contribution in [0.25, 0.3) is 0 Å². The molecule has 2 heterocycles. The van der Waals surface area contributed by atoms with E-state index in [0.29, 0.717) is 12.2 Å². The zero-order valence-electron chi connectivity index (χ0n) is 14.3. The average molecular weight is 338 g/mol. The third-order valence-corrected chi connectivity index (χ3v) is 4.95. The molecule has 0 saturated carbocycles. The van der Waals surface area contributed by atoms with Gasteiger partial charge in [0.25, 0.3) is 0 Å². The number of hydrogen-bond donors (Lipinski definition) is 1. The van der Waals surface area contributed by atoms with Gasteiger partial charge in [-0.25, -0.2) is 0 Å². The van der Waals surface area contributed by atoms with Gasteiger partial charge in [0.1, 0.15) is 11.5 Å². The standard InChI is InChI=1S/C20H22N2O3/c1-24-17-4-2-3-14(11-17)18-12-15-5-6-16(13-19(15)25-20(18)23)22-9-7-21-8-10-22/h2-6,11,13,18,21H,7-10,12H2,1H3. The highest BCUT2D eigenvalue weighted by Crippen LogP contribution is 2.36. The van der Waals surface area contributed by atoms with E-state index in [1.54, 1.807) is 7.11 Å². The van der Waals surface area contributed by atoms with Crippen molar-refractivity contribution < 1.29 is 14.3 Å². The maximum Gasteiger partial charge on any atom is 0.319 e. The van der Waals surface area contributed by atoms with E-state index in [-0.39, 0.29) is 11.9 Å². The number of ether oxygens (including phenoxy) is 2. The number of rotatable bonds is 3. The van der Waals surface area contributed by atoms with E-state index in [1.165, 1.54) is 0 Å². The molecule has 1 unspecified atom stereocenters. The fourth-order valence-corrected chi connectivity index (χ4v) is 3.52. The number of nitrogens with one attached hydrogen (secondary N) is 1. The number of fused-ring (bicyclic) bond motifs is 1. The molecule has 1 fully saturated rings. The Labute approximate surface area is 147 Å². The molecule has 130 valence electrons. The van der Waals surface area contributed by atoms with Crippen LogP contribution < -0.4 is 19.7 Å². The summed E-state index contributed by atoms with van der Waals surface area (Å²) in [5.41, 5.74) is 3.13. The fourth-order valence-electron chi connectivity index (χ4n) is 3.52. The number of hydrogen-bond acceptors (Lipinski definition) is 5. The summed E-state index contributed by atoms with van der Waals surface area (Å²) >= 11 is 0. The van der Waals surface area contributed by atoms with Crippen molar-refractivity contribution in [3.05, 3.63) is 53.6 Å². The molecular weight excluding hydrogens is 316 g/mol. The molecular formula is C20H22N2O3. The Hall–Kier alpha value is -2.53. The summed E-state index contributed by atoms with van der Waals surface area (Å²) in [6.45, 7) is 3.90. The van der Waals surface area contributed by atoms with Crippen molar-refractivity contribution >= 4 is 11.7 Å². The first kappa shape index (κ1) is 16.0. The van der Waals surface area contributed by atoms with Gasteiger partial charge in [-0.15, -0.1) is 0 Å². The molecule has 0 amide bonds. The molecule has 2 aromatic rings. The molecule has 4 rings (SSSR count). The summed E-state index contributed by atoms with van der Waals surface area (Å²) in [6.07, 6.45) is 0.656. The van der Waals surface area contributed by atoms with E-state index in [0.717, 1.165) is 48.7 Å². The van der Waals surface area contributed by atoms with Crippen LogP contribution in [-0.2, 0) is 11.2 Å². The Morgan fingerprint density at radius 3 is 2.80 bits per heavy atom. The van der Waals surface area contributed by atoms with E-state index in [1.807, 2.05) is 30.3 Å². The van der Waals surface area contributed by atoms with E-state index in [2.05, 4.69) is 22.3 Å². The topological polar surface area (TPSA) is 50.8 Å². The van der Waals surface area contributed by atoms with Crippen molar-refractivity contribution in [2.24, 2.45) is 0 Å². The van der Waals surface area contributed by atoms with Crippen molar-refractivity contribution in [2.75, 3.05) is 38.2 Å². The monoisotopic (exact) mass is 338 g/mol. The van der Waals surface area contributed by atoms with Crippen molar-refractivity contribution in [3.63, 3.8) is 0 Å². The van der Waals surface area contributed by atoms with Crippen molar-refractivity contribution in [2.45, 2.75) is 12.3 Å². The molecule has 0 bridgehead atoms. The normalized spacial score (nSPS) is 20.0. The Kier molecular flexibility index (Phi) is 4.32. The third-order valence-electron chi connectivity index (χ3n) is 4.95. The SMILES string of the molecule is COc1cccc(C2Cc3ccc(N4CCNCC4)cc3OC2=O)c1. The molecule has 2 aliphatic rings. The van der Waals surface area contributed by atoms with Crippen LogP contribution in [0, 0.1) is 0 Å². The number of carbonyl (C=O) groups excluding carboxylic acids is 1. The second kappa shape index (κ2) is 6.76. The Morgan fingerprint density at radius 1 is 1.16 bits per heavy atom. The number of methoxy groups -OCH3 is 1. The first-order valence-corrected chi connectivity index (χ1v) is 8.69. The molecule has 2 aromatic carbocycles. The molecule has 0 aliphatic carbocycles. The van der Waals surface area contributed by atoms with Gasteiger partial charge in [0.15, 0.2) is 0 Å². The Morgan fingerprint density at radius 2 is 2.00 bits per heavy atom. The van der Waals surface area contributed by atoms with Crippen LogP contribution in [0.1, 0.15) is 17.0 Å². The van der Waals surface area contributed by atoms with Gasteiger partial charge in [0.05, 0.1) is 13.0 Å². The molecule has 5 heteroatoms. The van der Waals surface area contributed by atoms with Crippen LogP contribution in [-0.4, -0.2) is 39.3 Å². The smallest absolute Gasteiger partial charge is 0.319 e. The fraction of sp³-hybridized carbons (Fsp3) is 0.350. The first-order valence-electron chi connectivity index (χ1n) is 8.69. The van der Waals surface area contributed by atoms with Crippen LogP contribution >= 0.6 is 0 Å². The summed E-state index contributed by atoms with van der Waals surface area (Å²) in [5, 5.41) is 3.35. The van der Waals surface area contributed by atoms with Gasteiger partial charge in [-0.2, -0.15) is 0 Å². The van der Waals surface area contributed by atoms with E-state index < -0.39 is 0 Å². The number of anilines is 1. The quantitative estimate of drug-likeness (QED) is 0.688. The minimum atomic E-state index is -0.285. The molecule has 1 saturated heterocycles. The second-order valence-electron chi connectivity index (χ2n) is 6.48. The van der Waals surface area contributed by atoms with Gasteiger partial charge >= 0.3 is 5.97 Å². The van der Waals surface area contributed by atoms with Crippen LogP contribution in [0.3, 0.4) is 0 Å². The van der Waals surface area contributed by atoms with Crippen molar-refractivity contribution in [3.8, 4) is 11.5 Å². The van der Waals surface area contributed by atoms with Crippen LogP contribution in [0.2, 0.25) is 0 Å². The molecule has 1 N–H and O–H groups in total. The van der Waals surface area contributed by atoms with E-state index in [4.69, 9.17) is 9.47 Å². The van der Waals surface area contributed by atoms with E-state index >= 15 is 0 Å². The predicted molar refractivity (Wildman–Crippen MR) is 96.6 cm³/mol. The highest BCUT2D eigenvalue weighted by atomic mass is 16.5. The average Bonchev–Trinajstić information content (AvgIpc) is 2.67. The lowest BCUT2D eigenvalue weighted by Gasteiger charge is -2.31. The van der Waals surface area contributed by atoms with Gasteiger partial charge in [-0.3, -0.25) is 4.79 Å². The largest absolute Gasteiger partial charge is 0.497 e. The van der Waals surface area contributed by atoms with Crippen molar-refractivity contribution in [1.82, 2.24) is 5.32 Å². The summed E-state index contributed by atoms with van der Waals surface area (Å²) in [7, 11) is 1.63. The Balaban J connectivity index is 1.59. The lowest BCUT2D eigenvalue weighted by Crippen LogP contribution is -2.43. The van der Waals surface area contributed by atoms with Gasteiger partial charge in [-0.05, 0) is 35.7 Å². The number of nitrogens with zero attached hydrogens (tertiary/aromatic N) is 1. The number of piperazine rings is 1. The molecule has 0 radical (unpaired) electrons. The summed E-state index contributed by atoms with van der Waals surface area (Å²) in [5.74, 6) is 0.969. The van der Waals surface area contributed by atoms with Crippen molar-refractivity contribution in [1.29, 1.82) is 0 Å². The number of carbonyl (C=O) groups is 1. The maximum atomic E-state index is 12.6. The van der Waals surface area contributed by atoms with Gasteiger partial charge < -0.3 is 19.7 Å². The molecule has 5 nitrogen and oxygen atoms in total. The predicted octanol–water partition coefficient (Wildman–Crippen LogP) is 2.35. The molecule has 1 atom stereocenters. The lowest BCUT2D eigenvalue weighted by atomic mass is 9.89. The van der Waals surface area contributed by atoms with Gasteiger partial charge in [0, 0.05) is 37.9 Å². The van der Waals surface area contributed by atoms with E-state index in [9.17, 15) is 4.79 Å². The number of esters is 1. The maximum absolute atomic E-state index is 12.6. The molecule has 0 spiro atoms. The summed E-state index contributed by atoms with van der Waals surface area (Å²) in [6, 6.07) is 13.9. The van der Waals surface area contributed by atoms with Crippen LogP contribution in [0.5, 0.6) is 11.5 Å². The zero-order chi connectivity index (χ0) is 17.2. The highest BCUT2D eigenvalue weighted by Gasteiger charge is 2.30. The molecule has 25 heavy (non-hydrogen) atoms. The molecule has 0 aromatic heterocycles.